The number of methoxy groups -OCH3 is 1. The summed E-state index contributed by atoms with van der Waals surface area (Å²) >= 11 is 4.61. The number of carbonyl (C=O) groups is 2. The second-order valence-corrected chi connectivity index (χ2v) is 8.51. The number of hydrogen-bond acceptors (Lipinski definition) is 6. The lowest BCUT2D eigenvalue weighted by atomic mass is 10.0. The largest absolute Gasteiger partial charge is 0.467 e. The van der Waals surface area contributed by atoms with Gasteiger partial charge >= 0.3 is 0 Å². The Labute approximate surface area is 189 Å². The molecule has 1 aliphatic heterocycles. The average Bonchev–Trinajstić information content (AvgIpc) is 3.36. The molecule has 1 unspecified atom stereocenters. The zero-order valence-electron chi connectivity index (χ0n) is 16.3. The maximum Gasteiger partial charge on any atom is 0.255 e. The Morgan fingerprint density at radius 2 is 2.19 bits per heavy atom. The Morgan fingerprint density at radius 1 is 1.35 bits per heavy atom. The third kappa shape index (κ3) is 4.46. The number of ether oxygens (including phenoxy) is 2. The minimum absolute atomic E-state index is 0.0967. The van der Waals surface area contributed by atoms with E-state index in [1.165, 1.54) is 41.5 Å². The predicted octanol–water partition coefficient (Wildman–Crippen LogP) is 4.36. The first-order valence-electron chi connectivity index (χ1n) is 9.19. The van der Waals surface area contributed by atoms with Gasteiger partial charge in [-0.3, -0.25) is 14.9 Å². The molecule has 7 nitrogen and oxygen atoms in total. The molecular weight excluding hydrogens is 489 g/mol. The van der Waals surface area contributed by atoms with Gasteiger partial charge < -0.3 is 14.4 Å². The Kier molecular flexibility index (Phi) is 6.30. The molecule has 0 spiro atoms. The summed E-state index contributed by atoms with van der Waals surface area (Å²) in [5, 5.41) is 4.80. The smallest absolute Gasteiger partial charge is 0.255 e. The highest BCUT2D eigenvalue weighted by Crippen LogP contribution is 2.37. The number of aromatic nitrogens is 1. The lowest BCUT2D eigenvalue weighted by molar-refractivity contribution is -0.121. The summed E-state index contributed by atoms with van der Waals surface area (Å²) in [6, 6.07) is 8.05. The molecule has 1 N–H and O–H groups in total. The average molecular weight is 506 g/mol. The molecule has 1 aliphatic rings. The lowest BCUT2D eigenvalue weighted by Gasteiger charge is -2.28. The van der Waals surface area contributed by atoms with E-state index in [-0.39, 0.29) is 30.6 Å². The summed E-state index contributed by atoms with van der Waals surface area (Å²) in [7, 11) is 1.45. The zero-order valence-corrected chi connectivity index (χ0v) is 18.7. The van der Waals surface area contributed by atoms with E-state index in [9.17, 15) is 14.0 Å². The number of fused-ring (bicyclic) bond motifs is 1. The van der Waals surface area contributed by atoms with E-state index in [2.05, 4.69) is 26.2 Å². The van der Waals surface area contributed by atoms with Crippen molar-refractivity contribution in [2.45, 2.75) is 12.6 Å². The first-order valence-corrected chi connectivity index (χ1v) is 10.9. The van der Waals surface area contributed by atoms with Crippen molar-refractivity contribution in [3.05, 3.63) is 75.0 Å². The van der Waals surface area contributed by atoms with Gasteiger partial charge in [0.2, 0.25) is 0 Å². The van der Waals surface area contributed by atoms with E-state index < -0.39 is 17.8 Å². The van der Waals surface area contributed by atoms with Crippen molar-refractivity contribution in [3.8, 4) is 5.75 Å². The van der Waals surface area contributed by atoms with Gasteiger partial charge in [0, 0.05) is 40.8 Å². The molecule has 3 aromatic rings. The quantitative estimate of drug-likeness (QED) is 0.482. The second-order valence-electron chi connectivity index (χ2n) is 6.70. The number of nitrogens with zero attached hydrogens (tertiary/aromatic N) is 2. The SMILES string of the molecule is COCOc1ccc(F)cc1C(C(=O)Nc1nccs1)N1Cc2ccc(Br)cc2C1=O. The molecule has 0 saturated heterocycles. The van der Waals surface area contributed by atoms with E-state index in [0.717, 1.165) is 10.0 Å². The van der Waals surface area contributed by atoms with Crippen LogP contribution in [0.5, 0.6) is 5.75 Å². The molecule has 0 bridgehead atoms. The summed E-state index contributed by atoms with van der Waals surface area (Å²) in [6.45, 7) is 0.0954. The molecule has 0 fully saturated rings. The van der Waals surface area contributed by atoms with Crippen LogP contribution in [0.15, 0.2) is 52.4 Å². The van der Waals surface area contributed by atoms with Crippen LogP contribution in [0.1, 0.15) is 27.5 Å². The first kappa shape index (κ1) is 21.4. The number of anilines is 1. The summed E-state index contributed by atoms with van der Waals surface area (Å²) < 4.78 is 25.5. The third-order valence-corrected chi connectivity index (χ3v) is 5.91. The molecule has 10 heteroatoms. The summed E-state index contributed by atoms with van der Waals surface area (Å²) in [5.74, 6) is -1.17. The second kappa shape index (κ2) is 9.13. The minimum atomic E-state index is -1.15. The van der Waals surface area contributed by atoms with Gasteiger partial charge in [-0.2, -0.15) is 0 Å². The predicted molar refractivity (Wildman–Crippen MR) is 116 cm³/mol. The van der Waals surface area contributed by atoms with Crippen LogP contribution in [0, 0.1) is 5.82 Å². The Morgan fingerprint density at radius 3 is 2.94 bits per heavy atom. The van der Waals surface area contributed by atoms with Crippen LogP contribution >= 0.6 is 27.3 Å². The van der Waals surface area contributed by atoms with E-state index in [0.29, 0.717) is 10.7 Å². The number of benzene rings is 2. The highest BCUT2D eigenvalue weighted by atomic mass is 79.9. The highest BCUT2D eigenvalue weighted by Gasteiger charge is 2.39. The molecule has 4 rings (SSSR count). The van der Waals surface area contributed by atoms with E-state index >= 15 is 0 Å². The van der Waals surface area contributed by atoms with E-state index in [1.54, 1.807) is 17.6 Å². The molecule has 0 radical (unpaired) electrons. The molecule has 2 amide bonds. The van der Waals surface area contributed by atoms with Crippen molar-refractivity contribution < 1.29 is 23.5 Å². The number of thiazole rings is 1. The number of hydrogen-bond donors (Lipinski definition) is 1. The van der Waals surface area contributed by atoms with Crippen LogP contribution in [0.2, 0.25) is 0 Å². The summed E-state index contributed by atoms with van der Waals surface area (Å²) in [6.07, 6.45) is 1.55. The van der Waals surface area contributed by atoms with Crippen molar-refractivity contribution >= 4 is 44.2 Å². The fraction of sp³-hybridized carbons (Fsp3) is 0.190. The lowest BCUT2D eigenvalue weighted by Crippen LogP contribution is -2.38. The van der Waals surface area contributed by atoms with Gasteiger partial charge in [0.05, 0.1) is 0 Å². The Bertz CT molecular complexity index is 1130. The molecule has 31 heavy (non-hydrogen) atoms. The molecular formula is C21H17BrFN3O4S. The zero-order chi connectivity index (χ0) is 22.0. The van der Waals surface area contributed by atoms with E-state index in [1.807, 2.05) is 12.1 Å². The van der Waals surface area contributed by atoms with Crippen molar-refractivity contribution in [2.75, 3.05) is 19.2 Å². The maximum atomic E-state index is 14.2. The number of halogens is 2. The molecule has 1 aromatic heterocycles. The Hall–Kier alpha value is -2.82. The normalized spacial score (nSPS) is 13.8. The standard InChI is InChI=1S/C21H17BrFN3O4S/c1-29-11-30-17-5-4-14(23)9-16(17)18(19(27)25-21-24-6-7-31-21)26-10-12-2-3-13(22)8-15(12)20(26)28/h2-9,18H,10-11H2,1H3,(H,24,25,27). The van der Waals surface area contributed by atoms with Gasteiger partial charge in [-0.15, -0.1) is 11.3 Å². The monoisotopic (exact) mass is 505 g/mol. The minimum Gasteiger partial charge on any atom is -0.467 e. The van der Waals surface area contributed by atoms with Crippen molar-refractivity contribution in [1.82, 2.24) is 9.88 Å². The molecule has 0 aliphatic carbocycles. The molecule has 2 aromatic carbocycles. The number of amides is 2. The number of rotatable bonds is 7. The van der Waals surface area contributed by atoms with Crippen molar-refractivity contribution in [2.24, 2.45) is 0 Å². The maximum absolute atomic E-state index is 14.2. The van der Waals surface area contributed by atoms with Gasteiger partial charge in [0.25, 0.3) is 11.8 Å². The topological polar surface area (TPSA) is 80.8 Å². The van der Waals surface area contributed by atoms with Crippen LogP contribution < -0.4 is 10.1 Å². The molecule has 0 saturated carbocycles. The fourth-order valence-electron chi connectivity index (χ4n) is 3.40. The fourth-order valence-corrected chi connectivity index (χ4v) is 4.29. The van der Waals surface area contributed by atoms with Gasteiger partial charge in [0.15, 0.2) is 11.9 Å². The van der Waals surface area contributed by atoms with E-state index in [4.69, 9.17) is 9.47 Å². The first-order chi connectivity index (χ1) is 15.0. The summed E-state index contributed by atoms with van der Waals surface area (Å²) in [5.41, 5.74) is 1.47. The van der Waals surface area contributed by atoms with Gasteiger partial charge in [-0.1, -0.05) is 22.0 Å². The van der Waals surface area contributed by atoms with Crippen molar-refractivity contribution in [3.63, 3.8) is 0 Å². The molecule has 2 heterocycles. The van der Waals surface area contributed by atoms with Crippen LogP contribution in [0.25, 0.3) is 0 Å². The number of nitrogens with one attached hydrogen (secondary N) is 1. The van der Waals surface area contributed by atoms with Crippen molar-refractivity contribution in [1.29, 1.82) is 0 Å². The van der Waals surface area contributed by atoms with Crippen LogP contribution in [0.4, 0.5) is 9.52 Å². The van der Waals surface area contributed by atoms with Crippen LogP contribution in [0.3, 0.4) is 0 Å². The molecule has 1 atom stereocenters. The van der Waals surface area contributed by atoms with Crippen LogP contribution in [-0.4, -0.2) is 35.6 Å². The van der Waals surface area contributed by atoms with Gasteiger partial charge in [-0.05, 0) is 35.9 Å². The third-order valence-electron chi connectivity index (χ3n) is 4.73. The van der Waals surface area contributed by atoms with Gasteiger partial charge in [0.1, 0.15) is 17.6 Å². The number of carbonyl (C=O) groups excluding carboxylic acids is 2. The Balaban J connectivity index is 1.77. The highest BCUT2D eigenvalue weighted by molar-refractivity contribution is 9.10. The summed E-state index contributed by atoms with van der Waals surface area (Å²) in [4.78, 5) is 32.0. The van der Waals surface area contributed by atoms with Crippen LogP contribution in [-0.2, 0) is 16.1 Å². The van der Waals surface area contributed by atoms with Gasteiger partial charge in [-0.25, -0.2) is 9.37 Å². The molecule has 160 valence electrons.